The summed E-state index contributed by atoms with van der Waals surface area (Å²) in [4.78, 5) is 16.4. The molecule has 1 aliphatic carbocycles. The molecule has 1 aromatic rings. The Kier molecular flexibility index (Phi) is 3.38. The van der Waals surface area contributed by atoms with Gasteiger partial charge in [0, 0.05) is 12.0 Å². The highest BCUT2D eigenvalue weighted by Crippen LogP contribution is 2.39. The first-order valence-electron chi connectivity index (χ1n) is 6.72. The molecule has 0 aromatic carbocycles. The van der Waals surface area contributed by atoms with Crippen molar-refractivity contribution in [2.24, 2.45) is 11.7 Å². The van der Waals surface area contributed by atoms with Gasteiger partial charge >= 0.3 is 0 Å². The molecule has 0 bridgehead atoms. The third kappa shape index (κ3) is 2.94. The van der Waals surface area contributed by atoms with E-state index < -0.39 is 0 Å². The highest BCUT2D eigenvalue weighted by molar-refractivity contribution is 5.91. The number of amides is 1. The molecule has 1 saturated carbocycles. The van der Waals surface area contributed by atoms with Gasteiger partial charge in [0.1, 0.15) is 5.82 Å². The van der Waals surface area contributed by atoms with E-state index >= 15 is 0 Å². The molecule has 1 fully saturated rings. The number of aromatic amines is 1. The van der Waals surface area contributed by atoms with Crippen LogP contribution in [0.25, 0.3) is 0 Å². The summed E-state index contributed by atoms with van der Waals surface area (Å²) in [6, 6.07) is 0. The second kappa shape index (κ2) is 4.59. The Morgan fingerprint density at radius 3 is 2.47 bits per heavy atom. The van der Waals surface area contributed by atoms with Crippen LogP contribution in [0.15, 0.2) is 0 Å². The Labute approximate surface area is 113 Å². The van der Waals surface area contributed by atoms with Crippen LogP contribution in [0.5, 0.6) is 0 Å². The molecule has 4 N–H and O–H groups in total. The fraction of sp³-hybridized carbons (Fsp3) is 0.769. The molecule has 0 spiro atoms. The Morgan fingerprint density at radius 2 is 2.05 bits per heavy atom. The van der Waals surface area contributed by atoms with Gasteiger partial charge in [-0.05, 0) is 25.7 Å². The van der Waals surface area contributed by atoms with Crippen molar-refractivity contribution in [3.8, 4) is 0 Å². The van der Waals surface area contributed by atoms with Crippen LogP contribution in [0.2, 0.25) is 0 Å². The summed E-state index contributed by atoms with van der Waals surface area (Å²) in [6.07, 6.45) is 2.24. The highest BCUT2D eigenvalue weighted by atomic mass is 16.2. The molecule has 1 amide bonds. The molecule has 1 unspecified atom stereocenters. The minimum atomic E-state index is -0.348. The summed E-state index contributed by atoms with van der Waals surface area (Å²) in [5.74, 6) is 1.11. The molecule has 2 rings (SSSR count). The van der Waals surface area contributed by atoms with E-state index in [1.54, 1.807) is 0 Å². The minimum absolute atomic E-state index is 0.154. The molecular weight excluding hydrogens is 242 g/mol. The smallest absolute Gasteiger partial charge is 0.291 e. The Hall–Kier alpha value is -1.43. The van der Waals surface area contributed by atoms with E-state index in [4.69, 9.17) is 5.73 Å². The van der Waals surface area contributed by atoms with Crippen molar-refractivity contribution in [1.29, 1.82) is 0 Å². The topological polar surface area (TPSA) is 96.7 Å². The fourth-order valence-electron chi connectivity index (χ4n) is 2.05. The van der Waals surface area contributed by atoms with E-state index in [1.165, 1.54) is 0 Å². The van der Waals surface area contributed by atoms with Gasteiger partial charge in [0.2, 0.25) is 5.82 Å². The summed E-state index contributed by atoms with van der Waals surface area (Å²) in [5, 5.41) is 9.79. The molecule has 1 aliphatic rings. The average molecular weight is 265 g/mol. The molecule has 6 heteroatoms. The number of nitrogens with two attached hydrogens (primary N) is 1. The maximum Gasteiger partial charge on any atom is 0.291 e. The number of nitrogens with one attached hydrogen (secondary N) is 2. The highest BCUT2D eigenvalue weighted by Gasteiger charge is 2.42. The van der Waals surface area contributed by atoms with Gasteiger partial charge in [0.15, 0.2) is 0 Å². The van der Waals surface area contributed by atoms with Crippen molar-refractivity contribution in [1.82, 2.24) is 20.5 Å². The van der Waals surface area contributed by atoms with Crippen LogP contribution in [-0.4, -0.2) is 33.2 Å². The maximum absolute atomic E-state index is 12.2. The number of carbonyl (C=O) groups excluding carboxylic acids is 1. The van der Waals surface area contributed by atoms with Crippen molar-refractivity contribution < 1.29 is 4.79 Å². The first-order chi connectivity index (χ1) is 8.76. The van der Waals surface area contributed by atoms with E-state index in [-0.39, 0.29) is 22.7 Å². The lowest BCUT2D eigenvalue weighted by Crippen LogP contribution is -2.53. The minimum Gasteiger partial charge on any atom is -0.343 e. The number of nitrogens with zero attached hydrogens (tertiary/aromatic N) is 2. The van der Waals surface area contributed by atoms with E-state index in [0.717, 1.165) is 12.8 Å². The number of carbonyl (C=O) groups is 1. The Balaban J connectivity index is 2.09. The molecule has 0 aliphatic heterocycles. The predicted octanol–water partition coefficient (Wildman–Crippen LogP) is 0.959. The van der Waals surface area contributed by atoms with Gasteiger partial charge in [-0.2, -0.15) is 0 Å². The van der Waals surface area contributed by atoms with Crippen LogP contribution in [0.4, 0.5) is 0 Å². The Morgan fingerprint density at radius 1 is 1.42 bits per heavy atom. The van der Waals surface area contributed by atoms with Gasteiger partial charge in [-0.15, -0.1) is 5.10 Å². The summed E-state index contributed by atoms with van der Waals surface area (Å²) in [5.41, 5.74) is 5.28. The van der Waals surface area contributed by atoms with Crippen molar-refractivity contribution in [3.05, 3.63) is 11.6 Å². The zero-order valence-corrected chi connectivity index (χ0v) is 12.1. The molecule has 1 heterocycles. The number of hydrogen-bond donors (Lipinski definition) is 3. The second-order valence-corrected chi connectivity index (χ2v) is 6.61. The largest absolute Gasteiger partial charge is 0.343 e. The van der Waals surface area contributed by atoms with Crippen LogP contribution in [0.1, 0.15) is 57.0 Å². The van der Waals surface area contributed by atoms with E-state index in [9.17, 15) is 4.79 Å². The summed E-state index contributed by atoms with van der Waals surface area (Å²) in [6.45, 7) is 8.47. The first kappa shape index (κ1) is 14.0. The van der Waals surface area contributed by atoms with Crippen molar-refractivity contribution >= 4 is 5.91 Å². The third-order valence-corrected chi connectivity index (χ3v) is 3.70. The van der Waals surface area contributed by atoms with Gasteiger partial charge in [-0.1, -0.05) is 20.8 Å². The molecule has 106 valence electrons. The van der Waals surface area contributed by atoms with Gasteiger partial charge in [0.25, 0.3) is 5.91 Å². The zero-order chi connectivity index (χ0) is 14.3. The maximum atomic E-state index is 12.2. The zero-order valence-electron chi connectivity index (χ0n) is 12.1. The number of rotatable bonds is 4. The summed E-state index contributed by atoms with van der Waals surface area (Å²) < 4.78 is 0. The van der Waals surface area contributed by atoms with Crippen LogP contribution >= 0.6 is 0 Å². The molecular formula is C13H23N5O. The van der Waals surface area contributed by atoms with E-state index in [2.05, 4.69) is 20.5 Å². The standard InChI is InChI=1S/C13H23N5O/c1-12(2,3)11-15-9(17-18-11)10(19)16-13(4,7-14)8-5-6-8/h8H,5-7,14H2,1-4H3,(H,16,19)(H,15,17,18). The van der Waals surface area contributed by atoms with Gasteiger partial charge < -0.3 is 11.1 Å². The molecule has 6 nitrogen and oxygen atoms in total. The molecule has 1 atom stereocenters. The average Bonchev–Trinajstić information content (AvgIpc) is 3.05. The molecule has 0 radical (unpaired) electrons. The van der Waals surface area contributed by atoms with Crippen LogP contribution in [0, 0.1) is 5.92 Å². The summed E-state index contributed by atoms with van der Waals surface area (Å²) >= 11 is 0. The van der Waals surface area contributed by atoms with E-state index in [0.29, 0.717) is 18.3 Å². The van der Waals surface area contributed by atoms with Crippen LogP contribution in [-0.2, 0) is 5.41 Å². The van der Waals surface area contributed by atoms with Crippen molar-refractivity contribution in [2.45, 2.75) is 51.5 Å². The molecule has 1 aromatic heterocycles. The lowest BCUT2D eigenvalue weighted by Gasteiger charge is -2.28. The van der Waals surface area contributed by atoms with Crippen molar-refractivity contribution in [3.63, 3.8) is 0 Å². The first-order valence-corrected chi connectivity index (χ1v) is 6.72. The second-order valence-electron chi connectivity index (χ2n) is 6.61. The predicted molar refractivity (Wildman–Crippen MR) is 72.7 cm³/mol. The lowest BCUT2D eigenvalue weighted by atomic mass is 9.95. The number of H-pyrrole nitrogens is 1. The Bertz CT molecular complexity index is 472. The van der Waals surface area contributed by atoms with Gasteiger partial charge in [-0.3, -0.25) is 9.89 Å². The lowest BCUT2D eigenvalue weighted by molar-refractivity contribution is 0.0887. The molecule has 0 saturated heterocycles. The van der Waals surface area contributed by atoms with Gasteiger partial charge in [-0.25, -0.2) is 4.98 Å². The van der Waals surface area contributed by atoms with E-state index in [1.807, 2.05) is 27.7 Å². The van der Waals surface area contributed by atoms with Crippen LogP contribution in [0.3, 0.4) is 0 Å². The van der Waals surface area contributed by atoms with Crippen LogP contribution < -0.4 is 11.1 Å². The normalized spacial score (nSPS) is 19.0. The van der Waals surface area contributed by atoms with Gasteiger partial charge in [0.05, 0.1) is 5.54 Å². The monoisotopic (exact) mass is 265 g/mol. The third-order valence-electron chi connectivity index (χ3n) is 3.70. The number of hydrogen-bond acceptors (Lipinski definition) is 4. The quantitative estimate of drug-likeness (QED) is 0.755. The summed E-state index contributed by atoms with van der Waals surface area (Å²) in [7, 11) is 0. The van der Waals surface area contributed by atoms with Crippen molar-refractivity contribution in [2.75, 3.05) is 6.54 Å². The number of aromatic nitrogens is 3. The fourth-order valence-corrected chi connectivity index (χ4v) is 2.05. The molecule has 19 heavy (non-hydrogen) atoms. The SMILES string of the molecule is CC(C)(C)c1nc(C(=O)NC(C)(CN)C2CC2)n[nH]1.